The molecule has 0 fully saturated rings. The van der Waals surface area contributed by atoms with Crippen LogP contribution in [0.15, 0.2) is 29.6 Å². The third kappa shape index (κ3) is 6.62. The lowest BCUT2D eigenvalue weighted by atomic mass is 10.00. The van der Waals surface area contributed by atoms with Crippen molar-refractivity contribution in [2.24, 2.45) is 11.8 Å². The van der Waals surface area contributed by atoms with Crippen molar-refractivity contribution in [2.45, 2.75) is 66.8 Å². The van der Waals surface area contributed by atoms with E-state index in [1.165, 1.54) is 16.0 Å². The Morgan fingerprint density at radius 1 is 1.21 bits per heavy atom. The van der Waals surface area contributed by atoms with Crippen molar-refractivity contribution in [1.29, 1.82) is 0 Å². The van der Waals surface area contributed by atoms with Gasteiger partial charge in [0.15, 0.2) is 0 Å². The van der Waals surface area contributed by atoms with E-state index in [0.717, 1.165) is 24.2 Å². The highest BCUT2D eigenvalue weighted by Crippen LogP contribution is 2.34. The van der Waals surface area contributed by atoms with Gasteiger partial charge in [-0.2, -0.15) is 0 Å². The smallest absolute Gasteiger partial charge is 0.242 e. The summed E-state index contributed by atoms with van der Waals surface area (Å²) in [4.78, 5) is 31.6. The molecule has 0 aliphatic carbocycles. The molecule has 2 aromatic rings. The molecule has 0 N–H and O–H groups in total. The Balaban J connectivity index is 1.78. The molecule has 5 nitrogen and oxygen atoms in total. The van der Waals surface area contributed by atoms with Crippen LogP contribution in [0, 0.1) is 25.7 Å². The normalized spacial score (nSPS) is 16.3. The summed E-state index contributed by atoms with van der Waals surface area (Å²) in [5.41, 5.74) is 3.47. The molecule has 0 radical (unpaired) electrons. The van der Waals surface area contributed by atoms with Gasteiger partial charge < -0.3 is 14.5 Å². The van der Waals surface area contributed by atoms with E-state index in [-0.39, 0.29) is 30.3 Å². The summed E-state index contributed by atoms with van der Waals surface area (Å²) in [6.45, 7) is 14.3. The Morgan fingerprint density at radius 2 is 1.97 bits per heavy atom. The van der Waals surface area contributed by atoms with E-state index < -0.39 is 0 Å². The molecule has 1 aliphatic rings. The fraction of sp³-hybridized carbons (Fsp3) is 0.571. The molecule has 1 aromatic heterocycles. The van der Waals surface area contributed by atoms with Crippen molar-refractivity contribution >= 4 is 23.2 Å². The number of aryl methyl sites for hydroxylation is 2. The zero-order valence-electron chi connectivity index (χ0n) is 21.6. The Labute approximate surface area is 209 Å². The second-order valence-corrected chi connectivity index (χ2v) is 11.1. The van der Waals surface area contributed by atoms with Crippen molar-refractivity contribution in [1.82, 2.24) is 9.80 Å². The molecule has 1 aromatic carbocycles. The van der Waals surface area contributed by atoms with Crippen LogP contribution in [0.4, 0.5) is 0 Å². The molecular weight excluding hydrogens is 444 g/mol. The highest BCUT2D eigenvalue weighted by Gasteiger charge is 2.33. The van der Waals surface area contributed by atoms with Gasteiger partial charge in [0, 0.05) is 24.4 Å². The molecule has 2 heterocycles. The van der Waals surface area contributed by atoms with Gasteiger partial charge in [0.1, 0.15) is 12.4 Å². The van der Waals surface area contributed by atoms with Crippen molar-refractivity contribution < 1.29 is 14.3 Å². The number of rotatable bonds is 10. The molecule has 6 heteroatoms. The molecule has 0 saturated carbocycles. The van der Waals surface area contributed by atoms with Crippen LogP contribution in [0.25, 0.3) is 0 Å². The largest absolute Gasteiger partial charge is 0.491 e. The third-order valence-electron chi connectivity index (χ3n) is 6.63. The molecule has 1 aliphatic heterocycles. The highest BCUT2D eigenvalue weighted by molar-refractivity contribution is 7.10. The average Bonchev–Trinajstić information content (AvgIpc) is 3.26. The van der Waals surface area contributed by atoms with Gasteiger partial charge in [-0.05, 0) is 60.7 Å². The molecule has 3 rings (SSSR count). The number of hydrogen-bond acceptors (Lipinski definition) is 4. The molecule has 0 spiro atoms. The van der Waals surface area contributed by atoms with Crippen LogP contribution in [-0.4, -0.2) is 47.9 Å². The number of thiophene rings is 1. The SMILES string of the molecule is CC[C@H](C)CN(CC(=O)N1CCc2sccc2[C@@H]1COc1ccc(C)cc1C)C(=O)CC(C)C. The fourth-order valence-electron chi connectivity index (χ4n) is 4.50. The third-order valence-corrected chi connectivity index (χ3v) is 7.63. The monoisotopic (exact) mass is 484 g/mol. The molecule has 0 unspecified atom stereocenters. The van der Waals surface area contributed by atoms with E-state index in [2.05, 4.69) is 51.3 Å². The quantitative estimate of drug-likeness (QED) is 0.429. The molecule has 34 heavy (non-hydrogen) atoms. The number of amides is 2. The molecule has 186 valence electrons. The second-order valence-electron chi connectivity index (χ2n) is 10.1. The predicted molar refractivity (Wildman–Crippen MR) is 139 cm³/mol. The fourth-order valence-corrected chi connectivity index (χ4v) is 5.43. The maximum absolute atomic E-state index is 13.6. The molecular formula is C28H40N2O3S. The van der Waals surface area contributed by atoms with Crippen LogP contribution < -0.4 is 4.74 Å². The Bertz CT molecular complexity index is 984. The lowest BCUT2D eigenvalue weighted by molar-refractivity contribution is -0.143. The topological polar surface area (TPSA) is 49.9 Å². The number of carbonyl (C=O) groups is 2. The first-order chi connectivity index (χ1) is 16.2. The van der Waals surface area contributed by atoms with E-state index in [1.807, 2.05) is 24.8 Å². The highest BCUT2D eigenvalue weighted by atomic mass is 32.1. The average molecular weight is 485 g/mol. The van der Waals surface area contributed by atoms with Gasteiger partial charge >= 0.3 is 0 Å². The van der Waals surface area contributed by atoms with Crippen molar-refractivity contribution in [2.75, 3.05) is 26.2 Å². The first-order valence-electron chi connectivity index (χ1n) is 12.5. The summed E-state index contributed by atoms with van der Waals surface area (Å²) in [6.07, 6.45) is 2.30. The van der Waals surface area contributed by atoms with Gasteiger partial charge in [-0.3, -0.25) is 9.59 Å². The lowest BCUT2D eigenvalue weighted by Crippen LogP contribution is -2.48. The number of hydrogen-bond donors (Lipinski definition) is 0. The van der Waals surface area contributed by atoms with E-state index in [9.17, 15) is 9.59 Å². The van der Waals surface area contributed by atoms with Crippen LogP contribution in [-0.2, 0) is 16.0 Å². The van der Waals surface area contributed by atoms with E-state index in [4.69, 9.17) is 4.74 Å². The summed E-state index contributed by atoms with van der Waals surface area (Å²) in [6, 6.07) is 8.15. The summed E-state index contributed by atoms with van der Waals surface area (Å²) in [5.74, 6) is 1.55. The summed E-state index contributed by atoms with van der Waals surface area (Å²) in [5, 5.41) is 2.10. The van der Waals surface area contributed by atoms with Gasteiger partial charge in [0.2, 0.25) is 11.8 Å². The number of fused-ring (bicyclic) bond motifs is 1. The van der Waals surface area contributed by atoms with E-state index >= 15 is 0 Å². The zero-order valence-corrected chi connectivity index (χ0v) is 22.4. The summed E-state index contributed by atoms with van der Waals surface area (Å²) < 4.78 is 6.26. The van der Waals surface area contributed by atoms with E-state index in [1.54, 1.807) is 16.2 Å². The zero-order chi connectivity index (χ0) is 24.8. The number of nitrogens with zero attached hydrogens (tertiary/aromatic N) is 2. The Hall–Kier alpha value is -2.34. The second kappa shape index (κ2) is 11.9. The number of benzene rings is 1. The minimum atomic E-state index is -0.145. The lowest BCUT2D eigenvalue weighted by Gasteiger charge is -2.37. The van der Waals surface area contributed by atoms with Gasteiger partial charge in [-0.25, -0.2) is 0 Å². The van der Waals surface area contributed by atoms with E-state index in [0.29, 0.717) is 32.0 Å². The van der Waals surface area contributed by atoms with Gasteiger partial charge in [0.25, 0.3) is 0 Å². The first kappa shape index (κ1) is 26.3. The number of ether oxygens (including phenoxy) is 1. The predicted octanol–water partition coefficient (Wildman–Crippen LogP) is 5.79. The first-order valence-corrected chi connectivity index (χ1v) is 13.4. The van der Waals surface area contributed by atoms with Crippen LogP contribution in [0.3, 0.4) is 0 Å². The summed E-state index contributed by atoms with van der Waals surface area (Å²) >= 11 is 1.75. The van der Waals surface area contributed by atoms with Crippen LogP contribution in [0.2, 0.25) is 0 Å². The molecule has 0 saturated heterocycles. The van der Waals surface area contributed by atoms with Crippen molar-refractivity contribution in [3.05, 3.63) is 51.2 Å². The Kier molecular flexibility index (Phi) is 9.17. The maximum atomic E-state index is 13.6. The van der Waals surface area contributed by atoms with Crippen LogP contribution >= 0.6 is 11.3 Å². The van der Waals surface area contributed by atoms with Gasteiger partial charge in [-0.15, -0.1) is 11.3 Å². The standard InChI is InChI=1S/C28H40N2O3S/c1-7-20(4)16-29(27(31)14-19(2)3)17-28(32)30-12-10-26-23(11-13-34-26)24(30)18-33-25-9-8-21(5)15-22(25)6/h8-9,11,13,15,19-20,24H,7,10,12,14,16-18H2,1-6H3/t20-,24-/m0/s1. The molecule has 2 amide bonds. The van der Waals surface area contributed by atoms with Crippen LogP contribution in [0.5, 0.6) is 5.75 Å². The van der Waals surface area contributed by atoms with Crippen molar-refractivity contribution in [3.8, 4) is 5.75 Å². The minimum absolute atomic E-state index is 0.00601. The number of carbonyl (C=O) groups excluding carboxylic acids is 2. The van der Waals surface area contributed by atoms with Gasteiger partial charge in [-0.1, -0.05) is 51.8 Å². The molecule has 2 atom stereocenters. The Morgan fingerprint density at radius 3 is 2.65 bits per heavy atom. The molecule has 0 bridgehead atoms. The van der Waals surface area contributed by atoms with Crippen LogP contribution in [0.1, 0.15) is 68.1 Å². The summed E-state index contributed by atoms with van der Waals surface area (Å²) in [7, 11) is 0. The van der Waals surface area contributed by atoms with Gasteiger partial charge in [0.05, 0.1) is 12.6 Å². The maximum Gasteiger partial charge on any atom is 0.242 e. The minimum Gasteiger partial charge on any atom is -0.491 e. The van der Waals surface area contributed by atoms with Crippen molar-refractivity contribution in [3.63, 3.8) is 0 Å².